The van der Waals surface area contributed by atoms with E-state index in [4.69, 9.17) is 13.9 Å². The summed E-state index contributed by atoms with van der Waals surface area (Å²) in [6.45, 7) is 2.51. The zero-order valence-corrected chi connectivity index (χ0v) is 15.5. The number of benzene rings is 1. The summed E-state index contributed by atoms with van der Waals surface area (Å²) in [6.07, 6.45) is 4.49. The summed E-state index contributed by atoms with van der Waals surface area (Å²) >= 11 is 0. The molecule has 1 saturated heterocycles. The van der Waals surface area contributed by atoms with Crippen LogP contribution in [0, 0.1) is 0 Å². The molecule has 1 fully saturated rings. The van der Waals surface area contributed by atoms with E-state index in [0.717, 1.165) is 36.6 Å². The summed E-state index contributed by atoms with van der Waals surface area (Å²) < 4.78 is 16.7. The van der Waals surface area contributed by atoms with Crippen molar-refractivity contribution in [3.05, 3.63) is 54.2 Å². The zero-order chi connectivity index (χ0) is 18.6. The van der Waals surface area contributed by atoms with Gasteiger partial charge in [0.05, 0.1) is 26.3 Å². The second-order valence-electron chi connectivity index (χ2n) is 6.57. The Labute approximate surface area is 158 Å². The second-order valence-corrected chi connectivity index (χ2v) is 6.57. The number of rotatable bonds is 6. The molecule has 7 nitrogen and oxygen atoms in total. The Morgan fingerprint density at radius 3 is 2.89 bits per heavy atom. The normalized spacial score (nSPS) is 17.2. The molecule has 7 heteroatoms. The van der Waals surface area contributed by atoms with Crippen LogP contribution < -0.4 is 9.47 Å². The molecule has 4 rings (SSSR count). The predicted octanol–water partition coefficient (Wildman–Crippen LogP) is 3.14. The molecule has 0 radical (unpaired) electrons. The fraction of sp³-hybridized carbons (Fsp3) is 0.350. The van der Waals surface area contributed by atoms with Crippen LogP contribution in [0.5, 0.6) is 11.5 Å². The molecule has 2 aromatic heterocycles. The van der Waals surface area contributed by atoms with Gasteiger partial charge >= 0.3 is 0 Å². The van der Waals surface area contributed by atoms with Crippen LogP contribution in [0.1, 0.15) is 23.8 Å². The van der Waals surface area contributed by atoms with Crippen LogP contribution in [0.4, 0.5) is 0 Å². The van der Waals surface area contributed by atoms with Crippen molar-refractivity contribution in [2.75, 3.05) is 27.3 Å². The van der Waals surface area contributed by atoms with Crippen molar-refractivity contribution in [1.82, 2.24) is 20.1 Å². The molecular weight excluding hydrogens is 344 g/mol. The van der Waals surface area contributed by atoms with Crippen molar-refractivity contribution in [2.45, 2.75) is 18.9 Å². The topological polar surface area (TPSA) is 73.5 Å². The summed E-state index contributed by atoms with van der Waals surface area (Å²) in [7, 11) is 3.39. The molecule has 1 aliphatic rings. The van der Waals surface area contributed by atoms with Gasteiger partial charge in [0.1, 0.15) is 11.5 Å². The van der Waals surface area contributed by atoms with Gasteiger partial charge in [-0.15, -0.1) is 10.2 Å². The van der Waals surface area contributed by atoms with E-state index in [9.17, 15) is 0 Å². The fourth-order valence-corrected chi connectivity index (χ4v) is 3.50. The smallest absolute Gasteiger partial charge is 0.249 e. The highest BCUT2D eigenvalue weighted by Crippen LogP contribution is 2.36. The summed E-state index contributed by atoms with van der Waals surface area (Å²) in [5, 5.41) is 8.32. The van der Waals surface area contributed by atoms with Crippen LogP contribution in [0.3, 0.4) is 0 Å². The third-order valence-corrected chi connectivity index (χ3v) is 4.88. The first kappa shape index (κ1) is 17.5. The molecule has 0 bridgehead atoms. The van der Waals surface area contributed by atoms with Crippen LogP contribution in [-0.4, -0.2) is 47.4 Å². The van der Waals surface area contributed by atoms with Gasteiger partial charge in [0.2, 0.25) is 11.8 Å². The standard InChI is InChI=1S/C20H22N4O3/c1-25-16-5-6-18(26-2)17(10-16)15-7-9-24(12-15)13-19-22-23-20(27-19)14-4-3-8-21-11-14/h3-6,8,10-11,15H,7,9,12-13H2,1-2H3. The van der Waals surface area contributed by atoms with Crippen LogP contribution in [0.2, 0.25) is 0 Å². The molecule has 1 aromatic carbocycles. The van der Waals surface area contributed by atoms with Gasteiger partial charge in [-0.2, -0.15) is 0 Å². The lowest BCUT2D eigenvalue weighted by molar-refractivity contribution is 0.288. The molecule has 27 heavy (non-hydrogen) atoms. The van der Waals surface area contributed by atoms with Crippen molar-refractivity contribution in [3.63, 3.8) is 0 Å². The average molecular weight is 366 g/mol. The summed E-state index contributed by atoms with van der Waals surface area (Å²) in [5.41, 5.74) is 2.01. The highest BCUT2D eigenvalue weighted by molar-refractivity contribution is 5.50. The second kappa shape index (κ2) is 7.75. The summed E-state index contributed by atoms with van der Waals surface area (Å²) in [6, 6.07) is 9.72. The largest absolute Gasteiger partial charge is 0.497 e. The van der Waals surface area contributed by atoms with Crippen LogP contribution in [-0.2, 0) is 6.54 Å². The zero-order valence-electron chi connectivity index (χ0n) is 15.5. The number of pyridine rings is 1. The molecular formula is C20H22N4O3. The third kappa shape index (κ3) is 3.78. The molecule has 3 heterocycles. The van der Waals surface area contributed by atoms with Gasteiger partial charge in [-0.05, 0) is 43.3 Å². The molecule has 1 unspecified atom stereocenters. The fourth-order valence-electron chi connectivity index (χ4n) is 3.50. The SMILES string of the molecule is COc1ccc(OC)c(C2CCN(Cc3nnc(-c4cccnc4)o3)C2)c1. The maximum atomic E-state index is 5.81. The van der Waals surface area contributed by atoms with Crippen molar-refractivity contribution < 1.29 is 13.9 Å². The van der Waals surface area contributed by atoms with Crippen LogP contribution in [0.15, 0.2) is 47.1 Å². The Bertz CT molecular complexity index is 897. The van der Waals surface area contributed by atoms with Gasteiger partial charge in [0.25, 0.3) is 0 Å². The predicted molar refractivity (Wildman–Crippen MR) is 99.7 cm³/mol. The van der Waals surface area contributed by atoms with Gasteiger partial charge < -0.3 is 13.9 Å². The van der Waals surface area contributed by atoms with E-state index in [1.165, 1.54) is 5.56 Å². The van der Waals surface area contributed by atoms with E-state index < -0.39 is 0 Å². The van der Waals surface area contributed by atoms with E-state index in [-0.39, 0.29) is 0 Å². The van der Waals surface area contributed by atoms with Gasteiger partial charge in [-0.3, -0.25) is 9.88 Å². The monoisotopic (exact) mass is 366 g/mol. The van der Waals surface area contributed by atoms with Crippen molar-refractivity contribution in [1.29, 1.82) is 0 Å². The van der Waals surface area contributed by atoms with E-state index in [2.05, 4.69) is 26.1 Å². The molecule has 0 aliphatic carbocycles. The Kier molecular flexibility index (Phi) is 5.02. The number of aromatic nitrogens is 3. The lowest BCUT2D eigenvalue weighted by Gasteiger charge is -2.17. The first-order chi connectivity index (χ1) is 13.3. The van der Waals surface area contributed by atoms with Gasteiger partial charge in [-0.25, -0.2) is 0 Å². The number of hydrogen-bond acceptors (Lipinski definition) is 7. The number of nitrogens with zero attached hydrogens (tertiary/aromatic N) is 4. The lowest BCUT2D eigenvalue weighted by Crippen LogP contribution is -2.20. The molecule has 1 atom stereocenters. The van der Waals surface area contributed by atoms with Crippen LogP contribution in [0.25, 0.3) is 11.5 Å². The average Bonchev–Trinajstić information content (AvgIpc) is 3.38. The Morgan fingerprint density at radius 1 is 1.19 bits per heavy atom. The third-order valence-electron chi connectivity index (χ3n) is 4.88. The minimum absolute atomic E-state index is 0.385. The Morgan fingerprint density at radius 2 is 2.11 bits per heavy atom. The van der Waals surface area contributed by atoms with Gasteiger partial charge in [0, 0.05) is 30.4 Å². The van der Waals surface area contributed by atoms with Crippen LogP contribution >= 0.6 is 0 Å². The number of likely N-dealkylation sites (tertiary alicyclic amines) is 1. The Balaban J connectivity index is 1.44. The van der Waals surface area contributed by atoms with E-state index in [1.54, 1.807) is 26.6 Å². The maximum Gasteiger partial charge on any atom is 0.249 e. The maximum absolute atomic E-state index is 5.81. The lowest BCUT2D eigenvalue weighted by atomic mass is 9.97. The van der Waals surface area contributed by atoms with Crippen molar-refractivity contribution >= 4 is 0 Å². The Hall–Kier alpha value is -2.93. The quantitative estimate of drug-likeness (QED) is 0.663. The molecule has 0 saturated carbocycles. The van der Waals surface area contributed by atoms with Crippen molar-refractivity contribution in [2.24, 2.45) is 0 Å². The summed E-state index contributed by atoms with van der Waals surface area (Å²) in [5.74, 6) is 3.26. The van der Waals surface area contributed by atoms with Crippen molar-refractivity contribution in [3.8, 4) is 23.0 Å². The van der Waals surface area contributed by atoms with Gasteiger partial charge in [-0.1, -0.05) is 0 Å². The first-order valence-corrected chi connectivity index (χ1v) is 8.94. The highest BCUT2D eigenvalue weighted by atomic mass is 16.5. The number of hydrogen-bond donors (Lipinski definition) is 0. The number of ether oxygens (including phenoxy) is 2. The van der Waals surface area contributed by atoms with Gasteiger partial charge in [0.15, 0.2) is 0 Å². The minimum Gasteiger partial charge on any atom is -0.497 e. The summed E-state index contributed by atoms with van der Waals surface area (Å²) in [4.78, 5) is 6.41. The van der Waals surface area contributed by atoms with E-state index in [0.29, 0.717) is 24.2 Å². The molecule has 0 amide bonds. The molecule has 0 N–H and O–H groups in total. The molecule has 3 aromatic rings. The molecule has 1 aliphatic heterocycles. The molecule has 0 spiro atoms. The van der Waals surface area contributed by atoms with E-state index >= 15 is 0 Å². The van der Waals surface area contributed by atoms with E-state index in [1.807, 2.05) is 24.3 Å². The minimum atomic E-state index is 0.385. The first-order valence-electron chi connectivity index (χ1n) is 8.94. The molecule has 140 valence electrons. The highest BCUT2D eigenvalue weighted by Gasteiger charge is 2.27. The number of methoxy groups -OCH3 is 2.